The third-order valence-electron chi connectivity index (χ3n) is 3.41. The summed E-state index contributed by atoms with van der Waals surface area (Å²) in [5.41, 5.74) is 3.94. The molecule has 0 atom stereocenters. The van der Waals surface area contributed by atoms with Crippen LogP contribution < -0.4 is 9.73 Å². The van der Waals surface area contributed by atoms with Crippen LogP contribution in [-0.4, -0.2) is 32.8 Å². The summed E-state index contributed by atoms with van der Waals surface area (Å²) in [4.78, 5) is 12.2. The number of nitrogens with zero attached hydrogens (tertiary/aromatic N) is 2. The molecular weight excluding hydrogens is 477 g/mol. The number of rotatable bonds is 6. The summed E-state index contributed by atoms with van der Waals surface area (Å²) >= 11 is 15.2. The first-order chi connectivity index (χ1) is 12.6. The van der Waals surface area contributed by atoms with Crippen LogP contribution in [0.2, 0.25) is 10.0 Å². The summed E-state index contributed by atoms with van der Waals surface area (Å²) in [5.74, 6) is -0.606. The second kappa shape index (κ2) is 9.05. The largest absolute Gasteiger partial charge is 0.271 e. The molecule has 0 fully saturated rings. The lowest BCUT2D eigenvalue weighted by atomic mass is 10.1. The summed E-state index contributed by atoms with van der Waals surface area (Å²) in [6.07, 6.45) is 0.991. The van der Waals surface area contributed by atoms with E-state index in [0.29, 0.717) is 5.71 Å². The smallest absolute Gasteiger partial charge is 0.260 e. The van der Waals surface area contributed by atoms with Crippen molar-refractivity contribution in [2.75, 3.05) is 17.1 Å². The van der Waals surface area contributed by atoms with Crippen LogP contribution >= 0.6 is 39.1 Å². The number of carbonyl (C=O) groups excluding carboxylic acids is 1. The SMILES string of the molecule is C/C(=N/NC(=O)CN(c1cc(Cl)cc(Cl)c1)S(C)(=O)=O)c1cccc(Br)c1. The number of hydrazone groups is 1. The predicted molar refractivity (Wildman–Crippen MR) is 113 cm³/mol. The Morgan fingerprint density at radius 1 is 1.19 bits per heavy atom. The first-order valence-electron chi connectivity index (χ1n) is 7.59. The van der Waals surface area contributed by atoms with Gasteiger partial charge in [0.1, 0.15) is 6.54 Å². The fourth-order valence-corrected chi connectivity index (χ4v) is 3.93. The Hall–Kier alpha value is -1.61. The van der Waals surface area contributed by atoms with E-state index in [0.717, 1.165) is 20.6 Å². The van der Waals surface area contributed by atoms with Crippen molar-refractivity contribution in [1.82, 2.24) is 5.43 Å². The molecule has 0 bridgehead atoms. The normalized spacial score (nSPS) is 12.0. The second-order valence-corrected chi connectivity index (χ2v) is 9.34. The van der Waals surface area contributed by atoms with E-state index in [9.17, 15) is 13.2 Å². The Balaban J connectivity index is 2.18. The van der Waals surface area contributed by atoms with Gasteiger partial charge in [-0.05, 0) is 42.8 Å². The molecule has 1 amide bonds. The minimum atomic E-state index is -3.74. The standard InChI is InChI=1S/C17H16BrCl2N3O3S/c1-11(12-4-3-5-13(18)6-12)21-22-17(24)10-23(27(2,25)26)16-8-14(19)7-15(20)9-16/h3-9H,10H2,1-2H3,(H,22,24)/b21-11-. The molecule has 0 saturated heterocycles. The van der Waals surface area contributed by atoms with E-state index >= 15 is 0 Å². The molecule has 144 valence electrons. The number of halogens is 3. The quantitative estimate of drug-likeness (QED) is 0.487. The van der Waals surface area contributed by atoms with Crippen molar-refractivity contribution < 1.29 is 13.2 Å². The van der Waals surface area contributed by atoms with Crippen molar-refractivity contribution in [3.05, 3.63) is 62.5 Å². The Bertz CT molecular complexity index is 976. The second-order valence-electron chi connectivity index (χ2n) is 5.64. The number of amides is 1. The molecule has 0 heterocycles. The lowest BCUT2D eigenvalue weighted by Crippen LogP contribution is -2.39. The maximum Gasteiger partial charge on any atom is 0.260 e. The summed E-state index contributed by atoms with van der Waals surface area (Å²) < 4.78 is 26.0. The molecule has 0 saturated carbocycles. The number of hydrogen-bond donors (Lipinski definition) is 1. The molecule has 10 heteroatoms. The van der Waals surface area contributed by atoms with Crippen molar-refractivity contribution >= 4 is 66.5 Å². The van der Waals surface area contributed by atoms with E-state index in [4.69, 9.17) is 23.2 Å². The summed E-state index contributed by atoms with van der Waals surface area (Å²) in [5, 5.41) is 4.54. The minimum Gasteiger partial charge on any atom is -0.271 e. The van der Waals surface area contributed by atoms with Crippen LogP contribution in [0.5, 0.6) is 0 Å². The number of anilines is 1. The maximum absolute atomic E-state index is 12.2. The summed E-state index contributed by atoms with van der Waals surface area (Å²) in [6, 6.07) is 11.7. The number of carbonyl (C=O) groups is 1. The van der Waals surface area contributed by atoms with Crippen LogP contribution in [0.1, 0.15) is 12.5 Å². The minimum absolute atomic E-state index is 0.192. The summed E-state index contributed by atoms with van der Waals surface area (Å²) in [6.45, 7) is 1.26. The Labute approximate surface area is 176 Å². The van der Waals surface area contributed by atoms with Gasteiger partial charge in [0.2, 0.25) is 10.0 Å². The predicted octanol–water partition coefficient (Wildman–Crippen LogP) is 4.06. The highest BCUT2D eigenvalue weighted by Gasteiger charge is 2.21. The molecule has 2 aromatic carbocycles. The number of nitrogens with one attached hydrogen (secondary N) is 1. The van der Waals surface area contributed by atoms with Crippen LogP contribution in [0.3, 0.4) is 0 Å². The zero-order valence-corrected chi connectivity index (χ0v) is 18.3. The van der Waals surface area contributed by atoms with Crippen LogP contribution in [0.25, 0.3) is 0 Å². The van der Waals surface area contributed by atoms with Gasteiger partial charge < -0.3 is 0 Å². The van der Waals surface area contributed by atoms with E-state index in [1.54, 1.807) is 6.92 Å². The number of sulfonamides is 1. The number of benzene rings is 2. The van der Waals surface area contributed by atoms with Crippen LogP contribution in [0.15, 0.2) is 52.0 Å². The van der Waals surface area contributed by atoms with E-state index in [-0.39, 0.29) is 15.7 Å². The number of hydrogen-bond acceptors (Lipinski definition) is 4. The van der Waals surface area contributed by atoms with Crippen molar-refractivity contribution in [3.8, 4) is 0 Å². The van der Waals surface area contributed by atoms with Crippen LogP contribution in [0, 0.1) is 0 Å². The molecule has 1 N–H and O–H groups in total. The maximum atomic E-state index is 12.2. The molecule has 0 aromatic heterocycles. The van der Waals surface area contributed by atoms with E-state index in [1.807, 2.05) is 24.3 Å². The topological polar surface area (TPSA) is 78.8 Å². The highest BCUT2D eigenvalue weighted by Crippen LogP contribution is 2.26. The van der Waals surface area contributed by atoms with Gasteiger partial charge in [-0.2, -0.15) is 5.10 Å². The monoisotopic (exact) mass is 491 g/mol. The molecule has 0 aliphatic carbocycles. The van der Waals surface area contributed by atoms with Gasteiger partial charge in [-0.3, -0.25) is 9.10 Å². The van der Waals surface area contributed by atoms with Gasteiger partial charge in [-0.1, -0.05) is 51.3 Å². The van der Waals surface area contributed by atoms with Gasteiger partial charge in [-0.15, -0.1) is 0 Å². The van der Waals surface area contributed by atoms with Gasteiger partial charge in [0.15, 0.2) is 0 Å². The molecule has 0 aliphatic heterocycles. The van der Waals surface area contributed by atoms with Gasteiger partial charge in [0.25, 0.3) is 5.91 Å². The third kappa shape index (κ3) is 6.49. The average Bonchev–Trinajstić information content (AvgIpc) is 2.55. The lowest BCUT2D eigenvalue weighted by molar-refractivity contribution is -0.119. The van der Waals surface area contributed by atoms with Gasteiger partial charge in [0, 0.05) is 14.5 Å². The molecule has 0 aliphatic rings. The Kier molecular flexibility index (Phi) is 7.27. The molecule has 6 nitrogen and oxygen atoms in total. The third-order valence-corrected chi connectivity index (χ3v) is 5.48. The van der Waals surface area contributed by atoms with Crippen LogP contribution in [0.4, 0.5) is 5.69 Å². The van der Waals surface area contributed by atoms with Gasteiger partial charge in [0.05, 0.1) is 17.7 Å². The van der Waals surface area contributed by atoms with Gasteiger partial charge >= 0.3 is 0 Å². The fourth-order valence-electron chi connectivity index (χ4n) is 2.17. The van der Waals surface area contributed by atoms with E-state index in [2.05, 4.69) is 26.5 Å². The van der Waals surface area contributed by atoms with E-state index < -0.39 is 22.5 Å². The zero-order valence-electron chi connectivity index (χ0n) is 14.4. The molecule has 2 rings (SSSR count). The first kappa shape index (κ1) is 21.7. The van der Waals surface area contributed by atoms with E-state index in [1.165, 1.54) is 18.2 Å². The lowest BCUT2D eigenvalue weighted by Gasteiger charge is -2.21. The van der Waals surface area contributed by atoms with Crippen LogP contribution in [-0.2, 0) is 14.8 Å². The van der Waals surface area contributed by atoms with Gasteiger partial charge in [-0.25, -0.2) is 13.8 Å². The average molecular weight is 493 g/mol. The summed E-state index contributed by atoms with van der Waals surface area (Å²) in [7, 11) is -3.74. The molecular formula is C17H16BrCl2N3O3S. The highest BCUT2D eigenvalue weighted by atomic mass is 79.9. The first-order valence-corrected chi connectivity index (χ1v) is 11.0. The molecule has 2 aromatic rings. The molecule has 0 spiro atoms. The molecule has 0 radical (unpaired) electrons. The van der Waals surface area contributed by atoms with Crippen molar-refractivity contribution in [1.29, 1.82) is 0 Å². The molecule has 0 unspecified atom stereocenters. The van der Waals surface area contributed by atoms with Crippen molar-refractivity contribution in [2.24, 2.45) is 5.10 Å². The Morgan fingerprint density at radius 2 is 1.81 bits per heavy atom. The fraction of sp³-hybridized carbons (Fsp3) is 0.176. The van der Waals surface area contributed by atoms with Crippen molar-refractivity contribution in [3.63, 3.8) is 0 Å². The highest BCUT2D eigenvalue weighted by molar-refractivity contribution is 9.10. The Morgan fingerprint density at radius 3 is 2.37 bits per heavy atom. The molecule has 27 heavy (non-hydrogen) atoms. The zero-order chi connectivity index (χ0) is 20.2. The van der Waals surface area contributed by atoms with Crippen molar-refractivity contribution in [2.45, 2.75) is 6.92 Å².